The maximum atomic E-state index is 12.9. The zero-order chi connectivity index (χ0) is 17.8. The summed E-state index contributed by atoms with van der Waals surface area (Å²) in [4.78, 5) is 21.9. The van der Waals surface area contributed by atoms with Gasteiger partial charge in [-0.1, -0.05) is 12.5 Å². The molecule has 1 amide bonds. The van der Waals surface area contributed by atoms with E-state index < -0.39 is 0 Å². The molecule has 1 saturated carbocycles. The molecule has 0 radical (unpaired) electrons. The van der Waals surface area contributed by atoms with Crippen molar-refractivity contribution in [2.75, 3.05) is 39.4 Å². The van der Waals surface area contributed by atoms with Crippen molar-refractivity contribution in [3.63, 3.8) is 0 Å². The highest BCUT2D eigenvalue weighted by Crippen LogP contribution is 2.26. The lowest BCUT2D eigenvalue weighted by molar-refractivity contribution is 0.0235. The van der Waals surface area contributed by atoms with Gasteiger partial charge in [0.1, 0.15) is 11.8 Å². The Bertz CT molecular complexity index is 614. The van der Waals surface area contributed by atoms with Crippen molar-refractivity contribution in [1.29, 1.82) is 0 Å². The van der Waals surface area contributed by atoms with Gasteiger partial charge >= 0.3 is 0 Å². The normalized spacial score (nSPS) is 23.3. The van der Waals surface area contributed by atoms with E-state index in [1.54, 1.807) is 6.07 Å². The minimum Gasteiger partial charge on any atom is -0.474 e. The molecule has 0 aromatic carbocycles. The van der Waals surface area contributed by atoms with Gasteiger partial charge in [-0.05, 0) is 25.3 Å². The first-order valence-electron chi connectivity index (χ1n) is 10.0. The first-order valence-corrected chi connectivity index (χ1v) is 10.0. The van der Waals surface area contributed by atoms with Gasteiger partial charge in [-0.2, -0.15) is 0 Å². The van der Waals surface area contributed by atoms with Crippen molar-refractivity contribution in [2.24, 2.45) is 0 Å². The Labute approximate surface area is 155 Å². The first kappa shape index (κ1) is 17.7. The predicted molar refractivity (Wildman–Crippen MR) is 98.4 cm³/mol. The second-order valence-electron chi connectivity index (χ2n) is 7.56. The van der Waals surface area contributed by atoms with Gasteiger partial charge in [0.2, 0.25) is 5.88 Å². The number of ether oxygens (including phenoxy) is 2. The van der Waals surface area contributed by atoms with E-state index in [0.717, 1.165) is 64.7 Å². The fourth-order valence-corrected chi connectivity index (χ4v) is 3.98. The highest BCUT2D eigenvalue weighted by atomic mass is 16.5. The number of hydrogen-bond acceptors (Lipinski definition) is 5. The summed E-state index contributed by atoms with van der Waals surface area (Å²) in [5, 5.41) is 0. The van der Waals surface area contributed by atoms with E-state index in [1.807, 2.05) is 17.0 Å². The Morgan fingerprint density at radius 1 is 1.04 bits per heavy atom. The monoisotopic (exact) mass is 359 g/mol. The molecule has 2 saturated heterocycles. The van der Waals surface area contributed by atoms with Gasteiger partial charge in [-0.3, -0.25) is 9.69 Å². The minimum atomic E-state index is 0.0258. The Balaban J connectivity index is 1.36. The Hall–Kier alpha value is -1.66. The van der Waals surface area contributed by atoms with Crippen LogP contribution in [0.2, 0.25) is 0 Å². The molecule has 3 heterocycles. The van der Waals surface area contributed by atoms with Crippen LogP contribution in [0.4, 0.5) is 0 Å². The van der Waals surface area contributed by atoms with Crippen LogP contribution in [0.1, 0.15) is 49.0 Å². The van der Waals surface area contributed by atoms with Gasteiger partial charge in [0.25, 0.3) is 5.91 Å². The maximum absolute atomic E-state index is 12.9. The van der Waals surface area contributed by atoms with E-state index in [-0.39, 0.29) is 12.0 Å². The Morgan fingerprint density at radius 2 is 1.88 bits per heavy atom. The van der Waals surface area contributed by atoms with Crippen molar-refractivity contribution >= 4 is 5.91 Å². The zero-order valence-electron chi connectivity index (χ0n) is 15.4. The largest absolute Gasteiger partial charge is 0.474 e. The molecule has 3 fully saturated rings. The molecule has 142 valence electrons. The molecule has 1 aromatic rings. The van der Waals surface area contributed by atoms with Crippen LogP contribution >= 0.6 is 0 Å². The number of hydrogen-bond donors (Lipinski definition) is 0. The highest BCUT2D eigenvalue weighted by molar-refractivity contribution is 5.92. The van der Waals surface area contributed by atoms with E-state index in [2.05, 4.69) is 9.88 Å². The molecule has 6 heteroatoms. The number of nitrogens with zero attached hydrogens (tertiary/aromatic N) is 3. The quantitative estimate of drug-likeness (QED) is 0.826. The molecule has 6 nitrogen and oxygen atoms in total. The van der Waals surface area contributed by atoms with E-state index in [0.29, 0.717) is 11.6 Å². The standard InChI is InChI=1S/C20H29N3O3/c24-20(23-11-3-10-22(12-13-23)16-4-1-5-16)18-6-2-7-19(21-18)26-17-8-14-25-15-9-17/h2,6-7,16-17H,1,3-5,8-15H2. The predicted octanol–water partition coefficient (Wildman–Crippen LogP) is 2.34. The van der Waals surface area contributed by atoms with Crippen LogP contribution in [0.5, 0.6) is 5.88 Å². The van der Waals surface area contributed by atoms with E-state index in [4.69, 9.17) is 9.47 Å². The number of pyridine rings is 1. The van der Waals surface area contributed by atoms with E-state index >= 15 is 0 Å². The third kappa shape index (κ3) is 4.18. The summed E-state index contributed by atoms with van der Waals surface area (Å²) in [5.74, 6) is 0.576. The van der Waals surface area contributed by atoms with Gasteiger partial charge in [-0.25, -0.2) is 4.98 Å². The van der Waals surface area contributed by atoms with E-state index in [9.17, 15) is 4.79 Å². The van der Waals surface area contributed by atoms with E-state index in [1.165, 1.54) is 19.3 Å². The van der Waals surface area contributed by atoms with Gasteiger partial charge < -0.3 is 14.4 Å². The van der Waals surface area contributed by atoms with Crippen LogP contribution < -0.4 is 4.74 Å². The molecule has 4 rings (SSSR count). The number of carbonyl (C=O) groups is 1. The molecule has 0 spiro atoms. The summed E-state index contributed by atoms with van der Waals surface area (Å²) in [6.45, 7) is 5.16. The molecule has 1 aliphatic carbocycles. The molecule has 0 bridgehead atoms. The van der Waals surface area contributed by atoms with Crippen molar-refractivity contribution < 1.29 is 14.3 Å². The smallest absolute Gasteiger partial charge is 0.272 e. The second kappa shape index (κ2) is 8.35. The topological polar surface area (TPSA) is 54.9 Å². The lowest BCUT2D eigenvalue weighted by Gasteiger charge is -2.36. The van der Waals surface area contributed by atoms with Crippen LogP contribution in [-0.4, -0.2) is 72.2 Å². The van der Waals surface area contributed by atoms with Crippen LogP contribution in [0, 0.1) is 0 Å². The lowest BCUT2D eigenvalue weighted by Crippen LogP contribution is -2.42. The van der Waals surface area contributed by atoms with Gasteiger partial charge in [0.05, 0.1) is 13.2 Å². The average molecular weight is 359 g/mol. The van der Waals surface area contributed by atoms with Crippen molar-refractivity contribution in [2.45, 2.75) is 50.7 Å². The molecule has 26 heavy (non-hydrogen) atoms. The summed E-state index contributed by atoms with van der Waals surface area (Å²) in [6.07, 6.45) is 6.93. The van der Waals surface area contributed by atoms with Crippen molar-refractivity contribution in [3.05, 3.63) is 23.9 Å². The lowest BCUT2D eigenvalue weighted by atomic mass is 9.91. The van der Waals surface area contributed by atoms with Crippen molar-refractivity contribution in [3.8, 4) is 5.88 Å². The summed E-state index contributed by atoms with van der Waals surface area (Å²) in [6, 6.07) is 6.26. The van der Waals surface area contributed by atoms with Gasteiger partial charge in [0.15, 0.2) is 0 Å². The average Bonchev–Trinajstić information content (AvgIpc) is 2.87. The highest BCUT2D eigenvalue weighted by Gasteiger charge is 2.28. The molecule has 3 aliphatic rings. The van der Waals surface area contributed by atoms with Crippen LogP contribution in [0.3, 0.4) is 0 Å². The fourth-order valence-electron chi connectivity index (χ4n) is 3.98. The third-order valence-electron chi connectivity index (χ3n) is 5.81. The first-order chi connectivity index (χ1) is 12.8. The molecule has 0 atom stereocenters. The van der Waals surface area contributed by atoms with Gasteiger partial charge in [-0.15, -0.1) is 0 Å². The summed E-state index contributed by atoms with van der Waals surface area (Å²) < 4.78 is 11.3. The Kier molecular flexibility index (Phi) is 5.70. The fraction of sp³-hybridized carbons (Fsp3) is 0.700. The molecule has 0 unspecified atom stereocenters. The summed E-state index contributed by atoms with van der Waals surface area (Å²) >= 11 is 0. The SMILES string of the molecule is O=C(c1cccc(OC2CCOCC2)n1)N1CCCN(C2CCC2)CC1. The van der Waals surface area contributed by atoms with Crippen LogP contribution in [-0.2, 0) is 4.74 Å². The summed E-state index contributed by atoms with van der Waals surface area (Å²) in [7, 11) is 0. The van der Waals surface area contributed by atoms with Crippen LogP contribution in [0.15, 0.2) is 18.2 Å². The Morgan fingerprint density at radius 3 is 2.65 bits per heavy atom. The molecular formula is C20H29N3O3. The zero-order valence-corrected chi connectivity index (χ0v) is 15.4. The molecule has 1 aromatic heterocycles. The molecule has 2 aliphatic heterocycles. The number of carbonyl (C=O) groups excluding carboxylic acids is 1. The number of aromatic nitrogens is 1. The number of amides is 1. The van der Waals surface area contributed by atoms with Crippen molar-refractivity contribution in [1.82, 2.24) is 14.8 Å². The van der Waals surface area contributed by atoms with Crippen LogP contribution in [0.25, 0.3) is 0 Å². The molecular weight excluding hydrogens is 330 g/mol. The third-order valence-corrected chi connectivity index (χ3v) is 5.81. The minimum absolute atomic E-state index is 0.0258. The molecule has 0 N–H and O–H groups in total. The number of rotatable bonds is 4. The van der Waals surface area contributed by atoms with Gasteiger partial charge in [0, 0.05) is 51.1 Å². The second-order valence-corrected chi connectivity index (χ2v) is 7.56. The summed E-state index contributed by atoms with van der Waals surface area (Å²) in [5.41, 5.74) is 0.492. The maximum Gasteiger partial charge on any atom is 0.272 e.